The molecule has 3 rings (SSSR count). The van der Waals surface area contributed by atoms with Crippen molar-refractivity contribution >= 4 is 5.91 Å². The number of nitrogens with zero attached hydrogens (tertiary/aromatic N) is 1. The minimum absolute atomic E-state index is 0.203. The standard InChI is InChI=1S/C17H24N2O/c1-13-3-4-15(11-14(13)2)16(20)19-9-6-17(7-10-19)5-8-18-12-17/h3-4,11,18H,5-10,12H2,1-2H3. The maximum atomic E-state index is 12.6. The second-order valence-electron chi connectivity index (χ2n) is 6.52. The minimum atomic E-state index is 0.203. The molecule has 0 bridgehead atoms. The number of aryl methyl sites for hydroxylation is 2. The van der Waals surface area contributed by atoms with Crippen molar-refractivity contribution in [1.29, 1.82) is 0 Å². The average Bonchev–Trinajstić information content (AvgIpc) is 2.90. The highest BCUT2D eigenvalue weighted by Crippen LogP contribution is 2.37. The van der Waals surface area contributed by atoms with E-state index < -0.39 is 0 Å². The fourth-order valence-corrected chi connectivity index (χ4v) is 3.46. The van der Waals surface area contributed by atoms with E-state index in [0.717, 1.165) is 44.6 Å². The molecular weight excluding hydrogens is 248 g/mol. The molecule has 0 saturated carbocycles. The van der Waals surface area contributed by atoms with Gasteiger partial charge in [-0.2, -0.15) is 0 Å². The summed E-state index contributed by atoms with van der Waals surface area (Å²) in [5.41, 5.74) is 3.76. The molecule has 3 nitrogen and oxygen atoms in total. The van der Waals surface area contributed by atoms with Crippen LogP contribution in [0, 0.1) is 19.3 Å². The highest BCUT2D eigenvalue weighted by Gasteiger charge is 2.38. The Bertz CT molecular complexity index is 508. The van der Waals surface area contributed by atoms with Gasteiger partial charge in [0, 0.05) is 25.2 Å². The minimum Gasteiger partial charge on any atom is -0.339 e. The number of piperidine rings is 1. The molecular formula is C17H24N2O. The SMILES string of the molecule is Cc1ccc(C(=O)N2CCC3(CCNC3)CC2)cc1C. The Balaban J connectivity index is 1.68. The van der Waals surface area contributed by atoms with E-state index in [-0.39, 0.29) is 5.91 Å². The van der Waals surface area contributed by atoms with Crippen molar-refractivity contribution in [2.24, 2.45) is 5.41 Å². The van der Waals surface area contributed by atoms with Crippen LogP contribution in [0.15, 0.2) is 18.2 Å². The largest absolute Gasteiger partial charge is 0.339 e. The summed E-state index contributed by atoms with van der Waals surface area (Å²) in [6, 6.07) is 6.04. The first-order chi connectivity index (χ1) is 9.60. The van der Waals surface area contributed by atoms with Crippen LogP contribution >= 0.6 is 0 Å². The normalized spacial score (nSPS) is 21.4. The smallest absolute Gasteiger partial charge is 0.253 e. The summed E-state index contributed by atoms with van der Waals surface area (Å²) >= 11 is 0. The van der Waals surface area contributed by atoms with Gasteiger partial charge >= 0.3 is 0 Å². The summed E-state index contributed by atoms with van der Waals surface area (Å²) in [6.45, 7) is 8.26. The number of rotatable bonds is 1. The van der Waals surface area contributed by atoms with Crippen molar-refractivity contribution in [3.8, 4) is 0 Å². The van der Waals surface area contributed by atoms with E-state index in [1.165, 1.54) is 17.5 Å². The lowest BCUT2D eigenvalue weighted by atomic mass is 9.78. The van der Waals surface area contributed by atoms with Crippen molar-refractivity contribution in [2.75, 3.05) is 26.2 Å². The maximum Gasteiger partial charge on any atom is 0.253 e. The number of carbonyl (C=O) groups excluding carboxylic acids is 1. The summed E-state index contributed by atoms with van der Waals surface area (Å²) < 4.78 is 0. The average molecular weight is 272 g/mol. The Labute approximate surface area is 121 Å². The van der Waals surface area contributed by atoms with Crippen molar-refractivity contribution < 1.29 is 4.79 Å². The second-order valence-corrected chi connectivity index (χ2v) is 6.52. The molecule has 3 heteroatoms. The number of hydrogen-bond acceptors (Lipinski definition) is 2. The Morgan fingerprint density at radius 2 is 1.90 bits per heavy atom. The first-order valence-corrected chi connectivity index (χ1v) is 7.67. The van der Waals surface area contributed by atoms with Crippen molar-refractivity contribution in [2.45, 2.75) is 33.1 Å². The molecule has 1 amide bonds. The van der Waals surface area contributed by atoms with E-state index in [1.807, 2.05) is 17.0 Å². The van der Waals surface area contributed by atoms with Crippen molar-refractivity contribution in [1.82, 2.24) is 10.2 Å². The quantitative estimate of drug-likeness (QED) is 0.852. The lowest BCUT2D eigenvalue weighted by Gasteiger charge is -2.39. The Kier molecular flexibility index (Phi) is 3.55. The molecule has 1 spiro atoms. The van der Waals surface area contributed by atoms with Gasteiger partial charge in [0.2, 0.25) is 0 Å². The highest BCUT2D eigenvalue weighted by atomic mass is 16.2. The van der Waals surface area contributed by atoms with Gasteiger partial charge in [0.15, 0.2) is 0 Å². The lowest BCUT2D eigenvalue weighted by Crippen LogP contribution is -2.44. The van der Waals surface area contributed by atoms with Crippen LogP contribution in [0.4, 0.5) is 0 Å². The fraction of sp³-hybridized carbons (Fsp3) is 0.588. The zero-order valence-corrected chi connectivity index (χ0v) is 12.5. The molecule has 0 unspecified atom stereocenters. The third kappa shape index (κ3) is 2.47. The number of carbonyl (C=O) groups is 1. The van der Waals surface area contributed by atoms with Crippen LogP contribution in [0.3, 0.4) is 0 Å². The van der Waals surface area contributed by atoms with Gasteiger partial charge in [-0.3, -0.25) is 4.79 Å². The molecule has 0 aliphatic carbocycles. The number of amides is 1. The predicted octanol–water partition coefficient (Wildman–Crippen LogP) is 2.52. The summed E-state index contributed by atoms with van der Waals surface area (Å²) in [4.78, 5) is 14.6. The molecule has 2 saturated heterocycles. The topological polar surface area (TPSA) is 32.3 Å². The van der Waals surface area contributed by atoms with Crippen LogP contribution in [0.5, 0.6) is 0 Å². The summed E-state index contributed by atoms with van der Waals surface area (Å²) in [5, 5.41) is 3.47. The number of nitrogens with one attached hydrogen (secondary N) is 1. The van der Waals surface area contributed by atoms with E-state index in [4.69, 9.17) is 0 Å². The van der Waals surface area contributed by atoms with Crippen LogP contribution < -0.4 is 5.32 Å². The lowest BCUT2D eigenvalue weighted by molar-refractivity contribution is 0.0607. The first-order valence-electron chi connectivity index (χ1n) is 7.67. The van der Waals surface area contributed by atoms with Gasteiger partial charge in [-0.1, -0.05) is 6.07 Å². The van der Waals surface area contributed by atoms with E-state index >= 15 is 0 Å². The van der Waals surface area contributed by atoms with Gasteiger partial charge in [0.05, 0.1) is 0 Å². The van der Waals surface area contributed by atoms with E-state index in [1.54, 1.807) is 0 Å². The van der Waals surface area contributed by atoms with Gasteiger partial charge in [0.1, 0.15) is 0 Å². The van der Waals surface area contributed by atoms with E-state index in [9.17, 15) is 4.79 Å². The Morgan fingerprint density at radius 1 is 1.15 bits per heavy atom. The molecule has 2 aliphatic rings. The predicted molar refractivity (Wildman–Crippen MR) is 81.0 cm³/mol. The van der Waals surface area contributed by atoms with Gasteiger partial charge in [-0.15, -0.1) is 0 Å². The number of likely N-dealkylation sites (tertiary alicyclic amines) is 1. The Morgan fingerprint density at radius 3 is 2.50 bits per heavy atom. The van der Waals surface area contributed by atoms with E-state index in [0.29, 0.717) is 5.41 Å². The Hall–Kier alpha value is -1.35. The third-order valence-corrected chi connectivity index (χ3v) is 5.20. The number of benzene rings is 1. The van der Waals surface area contributed by atoms with Crippen LogP contribution in [0.1, 0.15) is 40.7 Å². The highest BCUT2D eigenvalue weighted by molar-refractivity contribution is 5.94. The molecule has 108 valence electrons. The fourth-order valence-electron chi connectivity index (χ4n) is 3.46. The summed E-state index contributed by atoms with van der Waals surface area (Å²) in [5.74, 6) is 0.203. The van der Waals surface area contributed by atoms with Crippen LogP contribution in [-0.2, 0) is 0 Å². The first kappa shape index (κ1) is 13.6. The van der Waals surface area contributed by atoms with E-state index in [2.05, 4.69) is 25.2 Å². The molecule has 1 N–H and O–H groups in total. The van der Waals surface area contributed by atoms with Gasteiger partial charge in [0.25, 0.3) is 5.91 Å². The molecule has 1 aromatic carbocycles. The molecule has 2 fully saturated rings. The molecule has 0 aromatic heterocycles. The maximum absolute atomic E-state index is 12.6. The molecule has 0 radical (unpaired) electrons. The summed E-state index contributed by atoms with van der Waals surface area (Å²) in [6.07, 6.45) is 3.58. The number of hydrogen-bond donors (Lipinski definition) is 1. The van der Waals surface area contributed by atoms with Gasteiger partial charge in [-0.05, 0) is 68.3 Å². The van der Waals surface area contributed by atoms with Crippen LogP contribution in [0.2, 0.25) is 0 Å². The summed E-state index contributed by atoms with van der Waals surface area (Å²) in [7, 11) is 0. The molecule has 2 heterocycles. The van der Waals surface area contributed by atoms with Crippen molar-refractivity contribution in [3.05, 3.63) is 34.9 Å². The van der Waals surface area contributed by atoms with Crippen molar-refractivity contribution in [3.63, 3.8) is 0 Å². The molecule has 20 heavy (non-hydrogen) atoms. The molecule has 1 aromatic rings. The third-order valence-electron chi connectivity index (χ3n) is 5.20. The molecule has 2 aliphatic heterocycles. The van der Waals surface area contributed by atoms with Gasteiger partial charge in [-0.25, -0.2) is 0 Å². The monoisotopic (exact) mass is 272 g/mol. The second kappa shape index (κ2) is 5.21. The van der Waals surface area contributed by atoms with Crippen LogP contribution in [0.25, 0.3) is 0 Å². The zero-order chi connectivity index (χ0) is 14.2. The molecule has 0 atom stereocenters. The zero-order valence-electron chi connectivity index (χ0n) is 12.5. The van der Waals surface area contributed by atoms with Crippen LogP contribution in [-0.4, -0.2) is 37.0 Å². The van der Waals surface area contributed by atoms with Gasteiger partial charge < -0.3 is 10.2 Å².